The number of rotatable bonds is 5. The largest absolute Gasteiger partial charge is 0.416 e. The molecule has 0 aliphatic heterocycles. The number of nitro groups is 1. The van der Waals surface area contributed by atoms with E-state index in [1.54, 1.807) is 0 Å². The number of amides is 1. The van der Waals surface area contributed by atoms with Gasteiger partial charge in [-0.05, 0) is 36.4 Å². The average molecular weight is 405 g/mol. The quantitative estimate of drug-likeness (QED) is 0.397. The van der Waals surface area contributed by atoms with Crippen molar-refractivity contribution in [3.8, 4) is 0 Å². The molecule has 3 N–H and O–H groups in total. The highest BCUT2D eigenvalue weighted by Crippen LogP contribution is 2.35. The van der Waals surface area contributed by atoms with Gasteiger partial charge in [-0.3, -0.25) is 24.8 Å². The molecule has 0 unspecified atom stereocenters. The summed E-state index contributed by atoms with van der Waals surface area (Å²) < 4.78 is 64.5. The molecule has 0 spiro atoms. The van der Waals surface area contributed by atoms with Gasteiger partial charge in [-0.1, -0.05) is 0 Å². The lowest BCUT2D eigenvalue weighted by Gasteiger charge is -2.11. The van der Waals surface area contributed by atoms with Crippen molar-refractivity contribution in [2.45, 2.75) is 11.1 Å². The van der Waals surface area contributed by atoms with Crippen molar-refractivity contribution in [2.24, 2.45) is 0 Å². The molecule has 0 radical (unpaired) electrons. The molecule has 0 atom stereocenters. The summed E-state index contributed by atoms with van der Waals surface area (Å²) in [6, 6.07) is 5.41. The predicted octanol–water partition coefficient (Wildman–Crippen LogP) is 2.53. The van der Waals surface area contributed by atoms with Gasteiger partial charge < -0.3 is 0 Å². The zero-order valence-corrected chi connectivity index (χ0v) is 13.8. The minimum absolute atomic E-state index is 0.0723. The molecule has 0 aliphatic rings. The van der Waals surface area contributed by atoms with Crippen molar-refractivity contribution in [3.63, 3.8) is 0 Å². The number of carbonyl (C=O) groups excluding carboxylic acids is 1. The van der Waals surface area contributed by atoms with Crippen LogP contribution in [0.1, 0.15) is 15.9 Å². The number of carbonyl (C=O) groups is 1. The molecule has 0 aromatic heterocycles. The van der Waals surface area contributed by atoms with Gasteiger partial charge >= 0.3 is 6.18 Å². The Hall–Kier alpha value is -3.19. The second kappa shape index (κ2) is 7.20. The number of anilines is 1. The fourth-order valence-corrected chi connectivity index (χ4v) is 3.07. The first-order chi connectivity index (χ1) is 12.5. The van der Waals surface area contributed by atoms with Crippen molar-refractivity contribution >= 4 is 27.3 Å². The molecular formula is C14H10F3N3O6S. The number of hydrogen-bond acceptors (Lipinski definition) is 6. The fourth-order valence-electron chi connectivity index (χ4n) is 2.00. The molecule has 1 amide bonds. The van der Waals surface area contributed by atoms with Crippen LogP contribution in [0, 0.1) is 10.1 Å². The highest BCUT2D eigenvalue weighted by molar-refractivity contribution is 7.92. The molecule has 2 rings (SSSR count). The summed E-state index contributed by atoms with van der Waals surface area (Å²) in [6.45, 7) is 0. The number of alkyl halides is 3. The molecule has 144 valence electrons. The first-order valence-electron chi connectivity index (χ1n) is 6.88. The highest BCUT2D eigenvalue weighted by Gasteiger charge is 2.33. The molecule has 0 aliphatic carbocycles. The van der Waals surface area contributed by atoms with Crippen molar-refractivity contribution < 1.29 is 36.5 Å². The van der Waals surface area contributed by atoms with E-state index in [4.69, 9.17) is 5.21 Å². The number of sulfonamides is 1. The Labute approximate surface area is 149 Å². The zero-order chi connectivity index (χ0) is 20.4. The molecule has 0 saturated carbocycles. The number of halogens is 3. The van der Waals surface area contributed by atoms with Gasteiger partial charge in [0.15, 0.2) is 0 Å². The van der Waals surface area contributed by atoms with Gasteiger partial charge in [0.2, 0.25) is 0 Å². The van der Waals surface area contributed by atoms with Gasteiger partial charge in [0.05, 0.1) is 15.4 Å². The van der Waals surface area contributed by atoms with Crippen LogP contribution in [0.5, 0.6) is 0 Å². The zero-order valence-electron chi connectivity index (χ0n) is 13.0. The lowest BCUT2D eigenvalue weighted by molar-refractivity contribution is -0.384. The van der Waals surface area contributed by atoms with E-state index >= 15 is 0 Å². The lowest BCUT2D eigenvalue weighted by Crippen LogP contribution is -2.19. The van der Waals surface area contributed by atoms with E-state index in [1.165, 1.54) is 5.48 Å². The monoisotopic (exact) mass is 405 g/mol. The number of nitro benzene ring substituents is 1. The predicted molar refractivity (Wildman–Crippen MR) is 84.6 cm³/mol. The van der Waals surface area contributed by atoms with E-state index in [9.17, 15) is 36.5 Å². The molecule has 2 aromatic rings. The minimum atomic E-state index is -4.84. The summed E-state index contributed by atoms with van der Waals surface area (Å²) in [5.41, 5.74) is -1.78. The standard InChI is InChI=1S/C14H10F3N3O6S/c15-14(16,17)9-3-6-11(12(7-9)20(23)24)19-27(25,26)10-4-1-8(2-5-10)13(21)18-22/h1-7,19,22H,(H,18,21). The maximum atomic E-state index is 12.7. The summed E-state index contributed by atoms with van der Waals surface area (Å²) in [4.78, 5) is 20.7. The van der Waals surface area contributed by atoms with E-state index < -0.39 is 48.9 Å². The second-order valence-electron chi connectivity index (χ2n) is 5.06. The van der Waals surface area contributed by atoms with Crippen LogP contribution in [0.25, 0.3) is 0 Å². The van der Waals surface area contributed by atoms with Gasteiger partial charge in [0.25, 0.3) is 21.6 Å². The number of nitrogens with one attached hydrogen (secondary N) is 2. The third kappa shape index (κ3) is 4.51. The highest BCUT2D eigenvalue weighted by atomic mass is 32.2. The molecule has 0 heterocycles. The van der Waals surface area contributed by atoms with Crippen LogP contribution in [-0.4, -0.2) is 24.5 Å². The Kier molecular flexibility index (Phi) is 5.37. The van der Waals surface area contributed by atoms with Crippen LogP contribution in [0.4, 0.5) is 24.5 Å². The van der Waals surface area contributed by atoms with E-state index in [0.717, 1.165) is 24.3 Å². The topological polar surface area (TPSA) is 139 Å². The number of benzene rings is 2. The lowest BCUT2D eigenvalue weighted by atomic mass is 10.1. The van der Waals surface area contributed by atoms with Crippen LogP contribution in [0.15, 0.2) is 47.4 Å². The van der Waals surface area contributed by atoms with Gasteiger partial charge in [-0.2, -0.15) is 13.2 Å². The maximum Gasteiger partial charge on any atom is 0.416 e. The molecular weight excluding hydrogens is 395 g/mol. The Balaban J connectivity index is 2.40. The number of nitrogens with zero attached hydrogens (tertiary/aromatic N) is 1. The molecule has 13 heteroatoms. The fraction of sp³-hybridized carbons (Fsp3) is 0.0714. The van der Waals surface area contributed by atoms with Crippen LogP contribution < -0.4 is 10.2 Å². The SMILES string of the molecule is O=C(NO)c1ccc(S(=O)(=O)Nc2ccc(C(F)(F)F)cc2[N+](=O)[O-])cc1. The number of hydrogen-bond donors (Lipinski definition) is 3. The van der Waals surface area contributed by atoms with Gasteiger partial charge in [-0.25, -0.2) is 13.9 Å². The van der Waals surface area contributed by atoms with E-state index in [0.29, 0.717) is 12.1 Å². The first-order valence-corrected chi connectivity index (χ1v) is 8.37. The van der Waals surface area contributed by atoms with Crippen molar-refractivity contribution in [3.05, 3.63) is 63.7 Å². The molecule has 2 aromatic carbocycles. The Bertz CT molecular complexity index is 990. The van der Waals surface area contributed by atoms with Crippen molar-refractivity contribution in [1.82, 2.24) is 5.48 Å². The van der Waals surface area contributed by atoms with Gasteiger partial charge in [0.1, 0.15) is 5.69 Å². The van der Waals surface area contributed by atoms with Crippen LogP contribution in [0.2, 0.25) is 0 Å². The van der Waals surface area contributed by atoms with Gasteiger partial charge in [-0.15, -0.1) is 0 Å². The Morgan fingerprint density at radius 3 is 2.19 bits per heavy atom. The minimum Gasteiger partial charge on any atom is -0.288 e. The molecule has 0 saturated heterocycles. The summed E-state index contributed by atoms with van der Waals surface area (Å²) in [6.07, 6.45) is -4.84. The molecule has 0 fully saturated rings. The van der Waals surface area contributed by atoms with E-state index in [1.807, 2.05) is 4.72 Å². The summed E-state index contributed by atoms with van der Waals surface area (Å²) in [5.74, 6) is -0.898. The Morgan fingerprint density at radius 1 is 1.11 bits per heavy atom. The summed E-state index contributed by atoms with van der Waals surface area (Å²) in [5, 5.41) is 19.5. The smallest absolute Gasteiger partial charge is 0.288 e. The average Bonchev–Trinajstić information content (AvgIpc) is 2.60. The van der Waals surface area contributed by atoms with Crippen LogP contribution >= 0.6 is 0 Å². The summed E-state index contributed by atoms with van der Waals surface area (Å²) in [7, 11) is -4.40. The Morgan fingerprint density at radius 2 is 1.70 bits per heavy atom. The van der Waals surface area contributed by atoms with Gasteiger partial charge in [0, 0.05) is 11.6 Å². The van der Waals surface area contributed by atoms with Crippen LogP contribution in [0.3, 0.4) is 0 Å². The third-order valence-electron chi connectivity index (χ3n) is 3.29. The first kappa shape index (κ1) is 20.1. The maximum absolute atomic E-state index is 12.7. The second-order valence-corrected chi connectivity index (χ2v) is 6.74. The normalized spacial score (nSPS) is 11.7. The summed E-state index contributed by atoms with van der Waals surface area (Å²) >= 11 is 0. The van der Waals surface area contributed by atoms with E-state index in [-0.39, 0.29) is 11.6 Å². The number of hydroxylamine groups is 1. The van der Waals surface area contributed by atoms with E-state index in [2.05, 4.69) is 0 Å². The van der Waals surface area contributed by atoms with Crippen molar-refractivity contribution in [1.29, 1.82) is 0 Å². The van der Waals surface area contributed by atoms with Crippen LogP contribution in [-0.2, 0) is 16.2 Å². The molecule has 0 bridgehead atoms. The van der Waals surface area contributed by atoms with Crippen molar-refractivity contribution in [2.75, 3.05) is 4.72 Å². The molecule has 27 heavy (non-hydrogen) atoms. The molecule has 9 nitrogen and oxygen atoms in total. The third-order valence-corrected chi connectivity index (χ3v) is 4.68.